The van der Waals surface area contributed by atoms with E-state index in [4.69, 9.17) is 17.4 Å². The van der Waals surface area contributed by atoms with Gasteiger partial charge in [0.2, 0.25) is 11.1 Å². The van der Waals surface area contributed by atoms with Gasteiger partial charge in [0.1, 0.15) is 0 Å². The number of benzene rings is 1. The van der Waals surface area contributed by atoms with Crippen molar-refractivity contribution in [3.05, 3.63) is 29.3 Å². The number of thioether (sulfide) groups is 1. The van der Waals surface area contributed by atoms with E-state index < -0.39 is 0 Å². The number of nitrogens with two attached hydrogens (primary N) is 1. The van der Waals surface area contributed by atoms with E-state index >= 15 is 0 Å². The Hall–Kier alpha value is -1.73. The van der Waals surface area contributed by atoms with Crippen molar-refractivity contribution in [2.24, 2.45) is 0 Å². The molecule has 1 heterocycles. The van der Waals surface area contributed by atoms with Gasteiger partial charge in [-0.1, -0.05) is 37.2 Å². The van der Waals surface area contributed by atoms with Gasteiger partial charge in [-0.15, -0.1) is 10.2 Å². The van der Waals surface area contributed by atoms with Gasteiger partial charge in [0.15, 0.2) is 5.82 Å². The number of hydrogen-bond donors (Lipinski definition) is 1. The van der Waals surface area contributed by atoms with Gasteiger partial charge in [0, 0.05) is 23.7 Å². The summed E-state index contributed by atoms with van der Waals surface area (Å²) in [5.41, 5.74) is 0.825. The van der Waals surface area contributed by atoms with Crippen LogP contribution in [0, 0.1) is 0 Å². The molecule has 0 aliphatic heterocycles. The van der Waals surface area contributed by atoms with Crippen molar-refractivity contribution in [1.82, 2.24) is 19.8 Å². The molecule has 8 heteroatoms. The Morgan fingerprint density at radius 1 is 1.21 bits per heavy atom. The van der Waals surface area contributed by atoms with Crippen LogP contribution in [0.15, 0.2) is 29.4 Å². The monoisotopic (exact) mass is 367 g/mol. The normalized spacial score (nSPS) is 10.8. The molecule has 0 atom stereocenters. The zero-order valence-electron chi connectivity index (χ0n) is 13.9. The Labute approximate surface area is 151 Å². The quantitative estimate of drug-likeness (QED) is 0.573. The van der Waals surface area contributed by atoms with Crippen LogP contribution in [0.25, 0.3) is 11.4 Å². The molecule has 0 bridgehead atoms. The van der Waals surface area contributed by atoms with E-state index in [1.165, 1.54) is 16.4 Å². The fourth-order valence-corrected chi connectivity index (χ4v) is 3.18. The topological polar surface area (TPSA) is 77.0 Å². The second-order valence-electron chi connectivity index (χ2n) is 5.35. The molecule has 0 radical (unpaired) electrons. The highest BCUT2D eigenvalue weighted by Gasteiger charge is 2.16. The van der Waals surface area contributed by atoms with Crippen LogP contribution in [-0.4, -0.2) is 44.5 Å². The van der Waals surface area contributed by atoms with E-state index in [1.54, 1.807) is 12.1 Å². The SMILES string of the molecule is CCCN(CCC)C(=O)CSc1nnc(-c2ccc(Cl)cc2)n1N. The lowest BCUT2D eigenvalue weighted by Crippen LogP contribution is -2.33. The Morgan fingerprint density at radius 3 is 2.42 bits per heavy atom. The van der Waals surface area contributed by atoms with Gasteiger partial charge >= 0.3 is 0 Å². The molecule has 6 nitrogen and oxygen atoms in total. The minimum absolute atomic E-state index is 0.0970. The zero-order chi connectivity index (χ0) is 17.5. The number of nitrogens with zero attached hydrogens (tertiary/aromatic N) is 4. The number of hydrogen-bond acceptors (Lipinski definition) is 5. The summed E-state index contributed by atoms with van der Waals surface area (Å²) < 4.78 is 1.41. The molecule has 130 valence electrons. The maximum absolute atomic E-state index is 12.3. The summed E-state index contributed by atoms with van der Waals surface area (Å²) in [6.07, 6.45) is 1.90. The second-order valence-corrected chi connectivity index (χ2v) is 6.73. The number of aromatic nitrogens is 3. The Kier molecular flexibility index (Phi) is 6.93. The molecular weight excluding hydrogens is 346 g/mol. The van der Waals surface area contributed by atoms with E-state index in [0.717, 1.165) is 31.5 Å². The molecule has 2 aromatic rings. The molecule has 1 aromatic carbocycles. The van der Waals surface area contributed by atoms with Gasteiger partial charge in [-0.05, 0) is 37.1 Å². The number of halogens is 1. The second kappa shape index (κ2) is 8.94. The predicted molar refractivity (Wildman–Crippen MR) is 98.5 cm³/mol. The van der Waals surface area contributed by atoms with E-state index in [1.807, 2.05) is 17.0 Å². The summed E-state index contributed by atoms with van der Waals surface area (Å²) in [5, 5.41) is 9.36. The van der Waals surface area contributed by atoms with Crippen LogP contribution in [0.1, 0.15) is 26.7 Å². The lowest BCUT2D eigenvalue weighted by Gasteiger charge is -2.21. The first-order valence-corrected chi connectivity index (χ1v) is 9.30. The summed E-state index contributed by atoms with van der Waals surface area (Å²) in [5.74, 6) is 7.01. The van der Waals surface area contributed by atoms with E-state index in [-0.39, 0.29) is 5.91 Å². The average molecular weight is 368 g/mol. The molecule has 0 aliphatic rings. The maximum atomic E-state index is 12.3. The first kappa shape index (κ1) is 18.6. The summed E-state index contributed by atoms with van der Waals surface area (Å²) >= 11 is 7.19. The number of amides is 1. The van der Waals surface area contributed by atoms with Gasteiger partial charge in [-0.2, -0.15) is 0 Å². The van der Waals surface area contributed by atoms with Crippen LogP contribution in [0.2, 0.25) is 5.02 Å². The highest BCUT2D eigenvalue weighted by molar-refractivity contribution is 7.99. The number of carbonyl (C=O) groups is 1. The number of carbonyl (C=O) groups excluding carboxylic acids is 1. The first-order chi connectivity index (χ1) is 11.6. The molecular formula is C16H22ClN5OS. The zero-order valence-corrected chi connectivity index (χ0v) is 15.5. The number of nitrogen functional groups attached to an aromatic ring is 1. The summed E-state index contributed by atoms with van der Waals surface area (Å²) in [7, 11) is 0. The summed E-state index contributed by atoms with van der Waals surface area (Å²) in [6.45, 7) is 5.69. The Bertz CT molecular complexity index is 668. The lowest BCUT2D eigenvalue weighted by atomic mass is 10.2. The third kappa shape index (κ3) is 4.64. The van der Waals surface area contributed by atoms with Crippen molar-refractivity contribution in [1.29, 1.82) is 0 Å². The lowest BCUT2D eigenvalue weighted by molar-refractivity contribution is -0.128. The predicted octanol–water partition coefficient (Wildman–Crippen LogP) is 3.05. The molecule has 2 rings (SSSR count). The van der Waals surface area contributed by atoms with Crippen LogP contribution >= 0.6 is 23.4 Å². The average Bonchev–Trinajstić information content (AvgIpc) is 2.94. The molecule has 0 saturated carbocycles. The third-order valence-electron chi connectivity index (χ3n) is 3.43. The molecule has 1 aromatic heterocycles. The van der Waals surface area contributed by atoms with Crippen molar-refractivity contribution >= 4 is 29.3 Å². The first-order valence-electron chi connectivity index (χ1n) is 7.93. The molecule has 0 fully saturated rings. The molecule has 0 unspecified atom stereocenters. The molecule has 2 N–H and O–H groups in total. The van der Waals surface area contributed by atoms with Crippen molar-refractivity contribution < 1.29 is 4.79 Å². The van der Waals surface area contributed by atoms with Gasteiger partial charge in [0.25, 0.3) is 0 Å². The van der Waals surface area contributed by atoms with Crippen molar-refractivity contribution in [2.75, 3.05) is 24.7 Å². The molecule has 0 saturated heterocycles. The highest BCUT2D eigenvalue weighted by atomic mass is 35.5. The molecule has 1 amide bonds. The van der Waals surface area contributed by atoms with Gasteiger partial charge in [-0.3, -0.25) is 4.79 Å². The fraction of sp³-hybridized carbons (Fsp3) is 0.438. The van der Waals surface area contributed by atoms with Gasteiger partial charge < -0.3 is 10.7 Å². The van der Waals surface area contributed by atoms with Crippen LogP contribution in [0.5, 0.6) is 0 Å². The molecule has 24 heavy (non-hydrogen) atoms. The molecule has 0 spiro atoms. The van der Waals surface area contributed by atoms with Crippen LogP contribution < -0.4 is 5.84 Å². The standard InChI is InChI=1S/C16H22ClN5OS/c1-3-9-21(10-4-2)14(23)11-24-16-20-19-15(22(16)18)12-5-7-13(17)8-6-12/h5-8H,3-4,9-11,18H2,1-2H3. The van der Waals surface area contributed by atoms with Crippen molar-refractivity contribution in [3.8, 4) is 11.4 Å². The van der Waals surface area contributed by atoms with Crippen LogP contribution in [0.4, 0.5) is 0 Å². The Morgan fingerprint density at radius 2 is 1.83 bits per heavy atom. The van der Waals surface area contributed by atoms with Crippen LogP contribution in [0.3, 0.4) is 0 Å². The van der Waals surface area contributed by atoms with Gasteiger partial charge in [0.05, 0.1) is 5.75 Å². The summed E-state index contributed by atoms with van der Waals surface area (Å²) in [4.78, 5) is 14.2. The van der Waals surface area contributed by atoms with E-state index in [9.17, 15) is 4.79 Å². The molecule has 0 aliphatic carbocycles. The highest BCUT2D eigenvalue weighted by Crippen LogP contribution is 2.23. The largest absolute Gasteiger partial charge is 0.342 e. The van der Waals surface area contributed by atoms with E-state index in [2.05, 4.69) is 24.0 Å². The van der Waals surface area contributed by atoms with Gasteiger partial charge in [-0.25, -0.2) is 4.68 Å². The van der Waals surface area contributed by atoms with Crippen molar-refractivity contribution in [2.45, 2.75) is 31.8 Å². The van der Waals surface area contributed by atoms with Crippen molar-refractivity contribution in [3.63, 3.8) is 0 Å². The fourth-order valence-electron chi connectivity index (χ4n) is 2.29. The number of rotatable bonds is 8. The third-order valence-corrected chi connectivity index (χ3v) is 4.61. The minimum atomic E-state index is 0.0970. The van der Waals surface area contributed by atoms with E-state index in [0.29, 0.717) is 21.8 Å². The Balaban J connectivity index is 2.03. The minimum Gasteiger partial charge on any atom is -0.342 e. The van der Waals surface area contributed by atoms with Crippen LogP contribution in [-0.2, 0) is 4.79 Å². The smallest absolute Gasteiger partial charge is 0.233 e. The summed E-state index contributed by atoms with van der Waals surface area (Å²) in [6, 6.07) is 7.21. The maximum Gasteiger partial charge on any atom is 0.233 e.